The summed E-state index contributed by atoms with van der Waals surface area (Å²) in [5.41, 5.74) is 1.19. The SMILES string of the molecule is CCCCc1ccccc1[S+]=O. The van der Waals surface area contributed by atoms with Crippen LogP contribution in [-0.2, 0) is 22.3 Å². The van der Waals surface area contributed by atoms with Crippen LogP contribution in [0, 0.1) is 0 Å². The quantitative estimate of drug-likeness (QED) is 0.653. The molecule has 0 heterocycles. The van der Waals surface area contributed by atoms with Crippen LogP contribution in [0.1, 0.15) is 25.3 Å². The number of hydrogen-bond acceptors (Lipinski definition) is 1. The highest BCUT2D eigenvalue weighted by atomic mass is 32.1. The molecule has 0 aromatic heterocycles. The third-order valence-electron chi connectivity index (χ3n) is 1.86. The van der Waals surface area contributed by atoms with Crippen molar-refractivity contribution in [3.05, 3.63) is 29.8 Å². The summed E-state index contributed by atoms with van der Waals surface area (Å²) in [5, 5.41) is 0. The van der Waals surface area contributed by atoms with E-state index in [9.17, 15) is 4.21 Å². The van der Waals surface area contributed by atoms with Crippen LogP contribution in [0.2, 0.25) is 0 Å². The molecule has 0 spiro atoms. The fourth-order valence-electron chi connectivity index (χ4n) is 1.16. The first-order chi connectivity index (χ1) is 5.88. The highest BCUT2D eigenvalue weighted by molar-refractivity contribution is 7.65. The van der Waals surface area contributed by atoms with Gasteiger partial charge in [0.1, 0.15) is 0 Å². The average Bonchev–Trinajstić information content (AvgIpc) is 2.15. The van der Waals surface area contributed by atoms with Gasteiger partial charge in [0.2, 0.25) is 0 Å². The molecule has 0 unspecified atom stereocenters. The van der Waals surface area contributed by atoms with E-state index in [1.54, 1.807) is 0 Å². The fourth-order valence-corrected chi connectivity index (χ4v) is 1.57. The molecule has 1 nitrogen and oxygen atoms in total. The lowest BCUT2D eigenvalue weighted by molar-refractivity contribution is 0.604. The van der Waals surface area contributed by atoms with Gasteiger partial charge in [-0.25, -0.2) is 0 Å². The monoisotopic (exact) mass is 181 g/mol. The van der Waals surface area contributed by atoms with Gasteiger partial charge in [-0.1, -0.05) is 31.5 Å². The molecule has 64 valence electrons. The van der Waals surface area contributed by atoms with Crippen molar-refractivity contribution in [1.29, 1.82) is 0 Å². The van der Waals surface area contributed by atoms with E-state index in [-0.39, 0.29) is 0 Å². The minimum atomic E-state index is 0.596. The summed E-state index contributed by atoms with van der Waals surface area (Å²) in [6.07, 6.45) is 3.37. The molecule has 0 saturated carbocycles. The van der Waals surface area contributed by atoms with Crippen LogP contribution in [0.3, 0.4) is 0 Å². The summed E-state index contributed by atoms with van der Waals surface area (Å²) in [4.78, 5) is 0.881. The van der Waals surface area contributed by atoms with Crippen molar-refractivity contribution in [2.45, 2.75) is 31.1 Å². The molecule has 1 aromatic rings. The summed E-state index contributed by atoms with van der Waals surface area (Å²) < 4.78 is 10.6. The van der Waals surface area contributed by atoms with Gasteiger partial charge in [-0.2, -0.15) is 0 Å². The molecule has 0 bridgehead atoms. The van der Waals surface area contributed by atoms with Crippen LogP contribution in [0.15, 0.2) is 29.2 Å². The second kappa shape index (κ2) is 4.99. The Hall–Kier alpha value is -0.760. The fraction of sp³-hybridized carbons (Fsp3) is 0.400. The summed E-state index contributed by atoms with van der Waals surface area (Å²) in [7, 11) is 0. The molecule has 0 aliphatic carbocycles. The van der Waals surface area contributed by atoms with Crippen molar-refractivity contribution in [1.82, 2.24) is 0 Å². The van der Waals surface area contributed by atoms with Gasteiger partial charge in [-0.05, 0) is 12.8 Å². The predicted molar refractivity (Wildman–Crippen MR) is 51.4 cm³/mol. The molecule has 0 aliphatic rings. The van der Waals surface area contributed by atoms with Gasteiger partial charge in [-0.15, -0.1) is 0 Å². The maximum Gasteiger partial charge on any atom is 0.505 e. The van der Waals surface area contributed by atoms with Crippen molar-refractivity contribution < 1.29 is 4.21 Å². The normalized spacial score (nSPS) is 9.75. The lowest BCUT2D eigenvalue weighted by Crippen LogP contribution is -1.88. The second-order valence-corrected chi connectivity index (χ2v) is 3.40. The Morgan fingerprint density at radius 1 is 1.33 bits per heavy atom. The van der Waals surface area contributed by atoms with Gasteiger partial charge in [0.05, 0.1) is 0 Å². The van der Waals surface area contributed by atoms with E-state index >= 15 is 0 Å². The number of hydrogen-bond donors (Lipinski definition) is 0. The van der Waals surface area contributed by atoms with Gasteiger partial charge in [-0.3, -0.25) is 0 Å². The Balaban J connectivity index is 2.75. The van der Waals surface area contributed by atoms with Crippen molar-refractivity contribution >= 4 is 11.7 Å². The number of benzene rings is 1. The van der Waals surface area contributed by atoms with Crippen molar-refractivity contribution in [2.24, 2.45) is 0 Å². The lowest BCUT2D eigenvalue weighted by atomic mass is 10.1. The zero-order chi connectivity index (χ0) is 8.81. The zero-order valence-corrected chi connectivity index (χ0v) is 8.06. The molecule has 0 aliphatic heterocycles. The molecular weight excluding hydrogens is 168 g/mol. The average molecular weight is 181 g/mol. The van der Waals surface area contributed by atoms with Crippen LogP contribution in [0.25, 0.3) is 0 Å². The first kappa shape index (κ1) is 9.33. The van der Waals surface area contributed by atoms with E-state index in [0.29, 0.717) is 11.7 Å². The van der Waals surface area contributed by atoms with E-state index in [1.807, 2.05) is 24.3 Å². The highest BCUT2D eigenvalue weighted by Gasteiger charge is 2.11. The highest BCUT2D eigenvalue weighted by Crippen LogP contribution is 2.11. The smallest absolute Gasteiger partial charge is 0.0654 e. The molecule has 0 saturated heterocycles. The largest absolute Gasteiger partial charge is 0.505 e. The molecular formula is C10H13OS+. The van der Waals surface area contributed by atoms with Crippen molar-refractivity contribution in [2.75, 3.05) is 0 Å². The van der Waals surface area contributed by atoms with Gasteiger partial charge >= 0.3 is 11.7 Å². The molecule has 2 heteroatoms. The Morgan fingerprint density at radius 3 is 2.75 bits per heavy atom. The van der Waals surface area contributed by atoms with Crippen LogP contribution < -0.4 is 0 Å². The molecule has 0 atom stereocenters. The van der Waals surface area contributed by atoms with Crippen molar-refractivity contribution in [3.63, 3.8) is 0 Å². The van der Waals surface area contributed by atoms with Gasteiger partial charge < -0.3 is 0 Å². The molecule has 0 radical (unpaired) electrons. The molecule has 1 rings (SSSR count). The molecule has 1 aromatic carbocycles. The van der Waals surface area contributed by atoms with E-state index in [0.717, 1.165) is 17.7 Å². The van der Waals surface area contributed by atoms with E-state index < -0.39 is 0 Å². The summed E-state index contributed by atoms with van der Waals surface area (Å²) >= 11 is 0.596. The lowest BCUT2D eigenvalue weighted by Gasteiger charge is -1.95. The minimum absolute atomic E-state index is 0.596. The molecule has 12 heavy (non-hydrogen) atoms. The first-order valence-electron chi connectivity index (χ1n) is 4.26. The summed E-state index contributed by atoms with van der Waals surface area (Å²) in [6, 6.07) is 7.83. The zero-order valence-electron chi connectivity index (χ0n) is 7.25. The Labute approximate surface area is 77.3 Å². The molecule has 0 fully saturated rings. The maximum absolute atomic E-state index is 10.6. The van der Waals surface area contributed by atoms with Crippen LogP contribution >= 0.6 is 0 Å². The molecule has 0 N–H and O–H groups in total. The van der Waals surface area contributed by atoms with E-state index in [2.05, 4.69) is 6.92 Å². The van der Waals surface area contributed by atoms with Gasteiger partial charge in [0, 0.05) is 15.8 Å². The van der Waals surface area contributed by atoms with Gasteiger partial charge in [0.25, 0.3) is 4.90 Å². The number of aryl methyl sites for hydroxylation is 1. The topological polar surface area (TPSA) is 17.1 Å². The Morgan fingerprint density at radius 2 is 2.08 bits per heavy atom. The predicted octanol–water partition coefficient (Wildman–Crippen LogP) is 2.82. The maximum atomic E-state index is 10.6. The third kappa shape index (κ3) is 2.38. The minimum Gasteiger partial charge on any atom is -0.0654 e. The number of unbranched alkanes of at least 4 members (excludes halogenated alkanes) is 1. The van der Waals surface area contributed by atoms with Crippen LogP contribution in [-0.4, -0.2) is 0 Å². The Kier molecular flexibility index (Phi) is 3.88. The van der Waals surface area contributed by atoms with E-state index in [1.165, 1.54) is 12.0 Å². The second-order valence-electron chi connectivity index (χ2n) is 2.79. The molecule has 0 amide bonds. The van der Waals surface area contributed by atoms with E-state index in [4.69, 9.17) is 0 Å². The van der Waals surface area contributed by atoms with Crippen LogP contribution in [0.5, 0.6) is 0 Å². The number of rotatable bonds is 4. The van der Waals surface area contributed by atoms with Crippen LogP contribution in [0.4, 0.5) is 0 Å². The van der Waals surface area contributed by atoms with Crippen molar-refractivity contribution in [3.8, 4) is 0 Å². The summed E-state index contributed by atoms with van der Waals surface area (Å²) in [5.74, 6) is 0. The Bertz CT molecular complexity index is 258. The standard InChI is InChI=1S/C10H13OS/c1-2-3-6-9-7-4-5-8-10(9)12-11/h4-5,7-8H,2-3,6H2,1H3/q+1. The van der Waals surface area contributed by atoms with Gasteiger partial charge in [0.15, 0.2) is 0 Å². The third-order valence-corrected chi connectivity index (χ3v) is 2.44. The summed E-state index contributed by atoms with van der Waals surface area (Å²) in [6.45, 7) is 2.16. The first-order valence-corrected chi connectivity index (χ1v) is 5.00.